The molecule has 0 aliphatic rings. The van der Waals surface area contributed by atoms with Gasteiger partial charge in [0, 0.05) is 24.0 Å². The first kappa shape index (κ1) is 29.4. The van der Waals surface area contributed by atoms with Crippen LogP contribution in [-0.2, 0) is 30.8 Å². The lowest BCUT2D eigenvalue weighted by atomic mass is 10.1. The average Bonchev–Trinajstić information content (AvgIpc) is 2.89. The van der Waals surface area contributed by atoms with Crippen molar-refractivity contribution in [2.45, 2.75) is 58.0 Å². The van der Waals surface area contributed by atoms with Gasteiger partial charge in [0.25, 0.3) is 15.9 Å². The van der Waals surface area contributed by atoms with Gasteiger partial charge in [0.15, 0.2) is 6.10 Å². The number of carbonyl (C=O) groups is 3. The Balaban J connectivity index is 1.66. The first-order valence-electron chi connectivity index (χ1n) is 12.6. The molecule has 1 unspecified atom stereocenters. The van der Waals surface area contributed by atoms with Crippen molar-refractivity contribution in [3.63, 3.8) is 0 Å². The number of anilines is 3. The van der Waals surface area contributed by atoms with E-state index in [0.29, 0.717) is 22.6 Å². The first-order chi connectivity index (χ1) is 18.5. The molecule has 0 aliphatic heterocycles. The van der Waals surface area contributed by atoms with Crippen LogP contribution in [0.4, 0.5) is 17.1 Å². The highest BCUT2D eigenvalue weighted by molar-refractivity contribution is 7.92. The molecule has 206 valence electrons. The van der Waals surface area contributed by atoms with Crippen molar-refractivity contribution in [2.75, 3.05) is 15.4 Å². The molecule has 0 aromatic heterocycles. The summed E-state index contributed by atoms with van der Waals surface area (Å²) in [4.78, 5) is 36.4. The minimum absolute atomic E-state index is 0.00445. The fourth-order valence-corrected chi connectivity index (χ4v) is 5.04. The molecule has 0 spiro atoms. The van der Waals surface area contributed by atoms with Crippen LogP contribution in [0.25, 0.3) is 0 Å². The highest BCUT2D eigenvalue weighted by Crippen LogP contribution is 2.22. The van der Waals surface area contributed by atoms with Crippen molar-refractivity contribution in [2.24, 2.45) is 0 Å². The summed E-state index contributed by atoms with van der Waals surface area (Å²) >= 11 is 0. The largest absolute Gasteiger partial charge is 0.449 e. The van der Waals surface area contributed by atoms with Crippen molar-refractivity contribution in [3.8, 4) is 0 Å². The number of ether oxygens (including phenoxy) is 1. The quantitative estimate of drug-likeness (QED) is 0.278. The number of carbonyl (C=O) groups excluding carboxylic acids is 3. The van der Waals surface area contributed by atoms with Crippen LogP contribution in [0.1, 0.15) is 55.1 Å². The van der Waals surface area contributed by atoms with Gasteiger partial charge in [-0.2, -0.15) is 0 Å². The van der Waals surface area contributed by atoms with E-state index in [9.17, 15) is 22.8 Å². The second kappa shape index (κ2) is 13.1. The maximum absolute atomic E-state index is 13.1. The van der Waals surface area contributed by atoms with Gasteiger partial charge in [-0.15, -0.1) is 0 Å². The van der Waals surface area contributed by atoms with Crippen LogP contribution in [0.5, 0.6) is 0 Å². The van der Waals surface area contributed by atoms with Gasteiger partial charge in [0.05, 0.1) is 10.5 Å². The van der Waals surface area contributed by atoms with Crippen LogP contribution in [0.15, 0.2) is 71.6 Å². The summed E-state index contributed by atoms with van der Waals surface area (Å²) in [5, 5.41) is 5.26. The molecule has 39 heavy (non-hydrogen) atoms. The number of nitrogens with one attached hydrogen (secondary N) is 3. The fourth-order valence-electron chi connectivity index (χ4n) is 3.71. The molecule has 0 radical (unpaired) electrons. The number of benzene rings is 3. The van der Waals surface area contributed by atoms with Gasteiger partial charge in [-0.1, -0.05) is 31.5 Å². The number of aryl methyl sites for hydroxylation is 2. The van der Waals surface area contributed by atoms with E-state index in [0.717, 1.165) is 24.8 Å². The maximum atomic E-state index is 13.1. The van der Waals surface area contributed by atoms with E-state index in [-0.39, 0.29) is 16.4 Å². The monoisotopic (exact) mass is 551 g/mol. The van der Waals surface area contributed by atoms with Crippen molar-refractivity contribution < 1.29 is 27.5 Å². The second-order valence-electron chi connectivity index (χ2n) is 9.18. The Morgan fingerprint density at radius 1 is 0.872 bits per heavy atom. The van der Waals surface area contributed by atoms with Crippen LogP contribution in [-0.4, -0.2) is 32.3 Å². The fraction of sp³-hybridized carbons (Fsp3) is 0.276. The summed E-state index contributed by atoms with van der Waals surface area (Å²) in [5.74, 6) is -1.62. The Hall–Kier alpha value is -4.18. The predicted octanol–water partition coefficient (Wildman–Crippen LogP) is 5.28. The lowest BCUT2D eigenvalue weighted by molar-refractivity contribution is -0.123. The van der Waals surface area contributed by atoms with Crippen molar-refractivity contribution >= 4 is 44.9 Å². The van der Waals surface area contributed by atoms with Crippen molar-refractivity contribution in [1.82, 2.24) is 0 Å². The predicted molar refractivity (Wildman–Crippen MR) is 151 cm³/mol. The third kappa shape index (κ3) is 8.41. The van der Waals surface area contributed by atoms with Gasteiger partial charge >= 0.3 is 5.97 Å². The first-order valence-corrected chi connectivity index (χ1v) is 14.1. The number of sulfonamides is 1. The topological polar surface area (TPSA) is 131 Å². The number of hydrogen-bond donors (Lipinski definition) is 3. The second-order valence-corrected chi connectivity index (χ2v) is 10.8. The highest BCUT2D eigenvalue weighted by atomic mass is 32.2. The van der Waals surface area contributed by atoms with E-state index in [4.69, 9.17) is 4.74 Å². The summed E-state index contributed by atoms with van der Waals surface area (Å²) in [7, 11) is -3.99. The average molecular weight is 552 g/mol. The minimum Gasteiger partial charge on any atom is -0.449 e. The van der Waals surface area contributed by atoms with Gasteiger partial charge in [0.1, 0.15) is 0 Å². The molecule has 0 saturated heterocycles. The Labute approximate surface area is 229 Å². The number of unbranched alkanes of at least 4 members (excludes halogenated alkanes) is 1. The Morgan fingerprint density at radius 3 is 2.05 bits per heavy atom. The van der Waals surface area contributed by atoms with E-state index in [1.54, 1.807) is 43.3 Å². The molecule has 3 aromatic carbocycles. The van der Waals surface area contributed by atoms with Gasteiger partial charge in [-0.05, 0) is 86.3 Å². The molecule has 9 nitrogen and oxygen atoms in total. The molecule has 0 fully saturated rings. The Kier molecular flexibility index (Phi) is 9.84. The molecule has 3 rings (SSSR count). The Morgan fingerprint density at radius 2 is 1.46 bits per heavy atom. The summed E-state index contributed by atoms with van der Waals surface area (Å²) in [6.07, 6.45) is 1.90. The molecule has 2 amide bonds. The summed E-state index contributed by atoms with van der Waals surface area (Å²) < 4.78 is 34.1. The van der Waals surface area contributed by atoms with Crippen LogP contribution in [0, 0.1) is 6.92 Å². The molecule has 3 N–H and O–H groups in total. The van der Waals surface area contributed by atoms with Crippen molar-refractivity contribution in [3.05, 3.63) is 83.4 Å². The van der Waals surface area contributed by atoms with E-state index in [1.807, 2.05) is 12.1 Å². The summed E-state index contributed by atoms with van der Waals surface area (Å²) in [6.45, 7) is 6.55. The maximum Gasteiger partial charge on any atom is 0.338 e. The smallest absolute Gasteiger partial charge is 0.338 e. The molecule has 1 atom stereocenters. The number of rotatable bonds is 11. The van der Waals surface area contributed by atoms with E-state index in [1.165, 1.54) is 32.0 Å². The molecule has 3 aromatic rings. The normalized spacial score (nSPS) is 11.8. The van der Waals surface area contributed by atoms with Gasteiger partial charge in [-0.3, -0.25) is 14.3 Å². The van der Waals surface area contributed by atoms with Crippen LogP contribution in [0.3, 0.4) is 0 Å². The summed E-state index contributed by atoms with van der Waals surface area (Å²) in [6, 6.07) is 17.8. The number of hydrogen-bond acceptors (Lipinski definition) is 6. The third-order valence-electron chi connectivity index (χ3n) is 5.86. The standard InChI is InChI=1S/C29H33N3O6S/c1-5-6-7-22-9-12-26(13-10-22)32-39(36,37)27-18-23(11-8-19(27)2)29(35)38-20(3)28(34)31-25-16-14-24(15-17-25)30-21(4)33/h8-18,20,32H,5-7H2,1-4H3,(H,30,33)(H,31,34). The lowest BCUT2D eigenvalue weighted by Gasteiger charge is -2.15. The zero-order valence-corrected chi connectivity index (χ0v) is 23.2. The molecule has 10 heteroatoms. The molecular weight excluding hydrogens is 518 g/mol. The Bertz CT molecular complexity index is 1430. The van der Waals surface area contributed by atoms with Gasteiger partial charge in [0.2, 0.25) is 5.91 Å². The van der Waals surface area contributed by atoms with Crippen LogP contribution < -0.4 is 15.4 Å². The third-order valence-corrected chi connectivity index (χ3v) is 7.39. The van der Waals surface area contributed by atoms with Crippen molar-refractivity contribution in [1.29, 1.82) is 0 Å². The molecule has 0 heterocycles. The van der Waals surface area contributed by atoms with Crippen LogP contribution >= 0.6 is 0 Å². The van der Waals surface area contributed by atoms with E-state index < -0.39 is 28.0 Å². The van der Waals surface area contributed by atoms with Crippen LogP contribution in [0.2, 0.25) is 0 Å². The van der Waals surface area contributed by atoms with E-state index >= 15 is 0 Å². The van der Waals surface area contributed by atoms with E-state index in [2.05, 4.69) is 22.3 Å². The van der Waals surface area contributed by atoms with Gasteiger partial charge in [-0.25, -0.2) is 13.2 Å². The van der Waals surface area contributed by atoms with Gasteiger partial charge < -0.3 is 15.4 Å². The molecule has 0 bridgehead atoms. The zero-order chi connectivity index (χ0) is 28.6. The summed E-state index contributed by atoms with van der Waals surface area (Å²) in [5.41, 5.74) is 3.01. The minimum atomic E-state index is -3.99. The lowest BCUT2D eigenvalue weighted by Crippen LogP contribution is -2.30. The molecule has 0 aliphatic carbocycles. The molecule has 0 saturated carbocycles. The highest BCUT2D eigenvalue weighted by Gasteiger charge is 2.23. The number of amides is 2. The number of esters is 1. The molecular formula is C29H33N3O6S. The SMILES string of the molecule is CCCCc1ccc(NS(=O)(=O)c2cc(C(=O)OC(C)C(=O)Nc3ccc(NC(C)=O)cc3)ccc2C)cc1. The zero-order valence-electron chi connectivity index (χ0n) is 22.4.